The third-order valence-electron chi connectivity index (χ3n) is 5.01. The molecular formula is C19H23N5O3. The van der Waals surface area contributed by atoms with Gasteiger partial charge in [-0.05, 0) is 32.9 Å². The molecule has 0 spiro atoms. The summed E-state index contributed by atoms with van der Waals surface area (Å²) in [6.07, 6.45) is 4.32. The van der Waals surface area contributed by atoms with Crippen molar-refractivity contribution in [2.45, 2.75) is 52.2 Å². The van der Waals surface area contributed by atoms with E-state index in [2.05, 4.69) is 20.8 Å². The highest BCUT2D eigenvalue weighted by atomic mass is 16.2. The van der Waals surface area contributed by atoms with Crippen molar-refractivity contribution in [3.05, 3.63) is 35.8 Å². The van der Waals surface area contributed by atoms with E-state index in [1.165, 1.54) is 0 Å². The molecule has 2 aromatic heterocycles. The van der Waals surface area contributed by atoms with Gasteiger partial charge in [-0.1, -0.05) is 0 Å². The van der Waals surface area contributed by atoms with Crippen LogP contribution in [0.3, 0.4) is 0 Å². The van der Waals surface area contributed by atoms with Gasteiger partial charge in [0.15, 0.2) is 0 Å². The standard InChI is InChI=1S/C19H23N5O3/c1-19(2,3)24-18(21-8-4-5-9-21)13-10-22(11-14(13)20-24)17(27)12-23-15(25)6-7-16(23)26/h4-5,8-9H,6-7,10-12H2,1-3H3. The molecule has 2 aliphatic rings. The maximum absolute atomic E-state index is 12.7. The molecule has 0 saturated carbocycles. The third-order valence-corrected chi connectivity index (χ3v) is 5.01. The third kappa shape index (κ3) is 2.94. The molecule has 4 rings (SSSR count). The lowest BCUT2D eigenvalue weighted by Gasteiger charge is -2.25. The first kappa shape index (κ1) is 17.5. The Morgan fingerprint density at radius 1 is 1.07 bits per heavy atom. The number of likely N-dealkylation sites (tertiary alicyclic amines) is 1. The lowest BCUT2D eigenvalue weighted by Crippen LogP contribution is -2.40. The molecule has 4 heterocycles. The molecule has 8 nitrogen and oxygen atoms in total. The molecule has 1 fully saturated rings. The largest absolute Gasteiger partial charge is 0.331 e. The number of rotatable bonds is 3. The van der Waals surface area contributed by atoms with Crippen LogP contribution in [-0.4, -0.2) is 48.4 Å². The van der Waals surface area contributed by atoms with E-state index in [1.807, 2.05) is 33.8 Å². The zero-order valence-corrected chi connectivity index (χ0v) is 15.8. The van der Waals surface area contributed by atoms with E-state index in [4.69, 9.17) is 5.10 Å². The fourth-order valence-corrected chi connectivity index (χ4v) is 3.62. The number of hydrogen-bond donors (Lipinski definition) is 0. The fraction of sp³-hybridized carbons (Fsp3) is 0.474. The molecule has 27 heavy (non-hydrogen) atoms. The Labute approximate surface area is 157 Å². The average molecular weight is 369 g/mol. The SMILES string of the molecule is CC(C)(C)n1nc2c(c1-n1cccc1)CN(C(=O)CN1C(=O)CCC1=O)C2. The Kier molecular flexibility index (Phi) is 3.94. The van der Waals surface area contributed by atoms with Gasteiger partial charge in [-0.25, -0.2) is 4.68 Å². The highest BCUT2D eigenvalue weighted by molar-refractivity contribution is 6.04. The predicted octanol–water partition coefficient (Wildman–Crippen LogP) is 1.42. The number of fused-ring (bicyclic) bond motifs is 1. The summed E-state index contributed by atoms with van der Waals surface area (Å²) in [6, 6.07) is 3.91. The van der Waals surface area contributed by atoms with Gasteiger partial charge in [-0.2, -0.15) is 5.10 Å². The van der Waals surface area contributed by atoms with E-state index < -0.39 is 0 Å². The normalized spacial score (nSPS) is 17.1. The van der Waals surface area contributed by atoms with Crippen LogP contribution in [-0.2, 0) is 33.0 Å². The summed E-state index contributed by atoms with van der Waals surface area (Å²) >= 11 is 0. The van der Waals surface area contributed by atoms with Crippen molar-refractivity contribution in [3.8, 4) is 5.82 Å². The molecule has 0 atom stereocenters. The fourth-order valence-electron chi connectivity index (χ4n) is 3.62. The van der Waals surface area contributed by atoms with Gasteiger partial charge in [0, 0.05) is 30.8 Å². The summed E-state index contributed by atoms with van der Waals surface area (Å²) < 4.78 is 4.01. The van der Waals surface area contributed by atoms with Gasteiger partial charge in [0.2, 0.25) is 17.7 Å². The Morgan fingerprint density at radius 3 is 2.30 bits per heavy atom. The molecule has 0 aromatic carbocycles. The molecule has 0 bridgehead atoms. The maximum atomic E-state index is 12.7. The van der Waals surface area contributed by atoms with E-state index in [0.29, 0.717) is 13.1 Å². The van der Waals surface area contributed by atoms with Crippen LogP contribution in [0.1, 0.15) is 44.9 Å². The second-order valence-corrected chi connectivity index (χ2v) is 8.05. The zero-order valence-electron chi connectivity index (χ0n) is 15.8. The first-order chi connectivity index (χ1) is 12.8. The van der Waals surface area contributed by atoms with Crippen LogP contribution in [0.15, 0.2) is 24.5 Å². The van der Waals surface area contributed by atoms with Gasteiger partial charge in [-0.3, -0.25) is 19.3 Å². The first-order valence-electron chi connectivity index (χ1n) is 9.11. The molecule has 142 valence electrons. The average Bonchev–Trinajstić information content (AvgIpc) is 3.33. The number of carbonyl (C=O) groups is 3. The quantitative estimate of drug-likeness (QED) is 0.767. The molecule has 0 unspecified atom stereocenters. The summed E-state index contributed by atoms with van der Waals surface area (Å²) in [6.45, 7) is 6.91. The second kappa shape index (κ2) is 6.07. The zero-order chi connectivity index (χ0) is 19.3. The molecule has 1 saturated heterocycles. The van der Waals surface area contributed by atoms with Crippen molar-refractivity contribution >= 4 is 17.7 Å². The summed E-state index contributed by atoms with van der Waals surface area (Å²) in [7, 11) is 0. The highest BCUT2D eigenvalue weighted by Crippen LogP contribution is 2.32. The molecule has 0 aliphatic carbocycles. The van der Waals surface area contributed by atoms with Gasteiger partial charge in [0.25, 0.3) is 0 Å². The molecule has 2 aliphatic heterocycles. The lowest BCUT2D eigenvalue weighted by molar-refractivity contribution is -0.145. The van der Waals surface area contributed by atoms with E-state index in [-0.39, 0.29) is 42.6 Å². The van der Waals surface area contributed by atoms with Gasteiger partial charge in [0.1, 0.15) is 12.4 Å². The minimum atomic E-state index is -0.267. The summed E-state index contributed by atoms with van der Waals surface area (Å²) in [5.41, 5.74) is 1.67. The van der Waals surface area contributed by atoms with Crippen LogP contribution in [0.5, 0.6) is 0 Å². The first-order valence-corrected chi connectivity index (χ1v) is 9.11. The lowest BCUT2D eigenvalue weighted by atomic mass is 10.1. The Bertz CT molecular complexity index is 904. The smallest absolute Gasteiger partial charge is 0.243 e. The van der Waals surface area contributed by atoms with Crippen molar-refractivity contribution in [3.63, 3.8) is 0 Å². The second-order valence-electron chi connectivity index (χ2n) is 8.05. The summed E-state index contributed by atoms with van der Waals surface area (Å²) in [5.74, 6) is 0.191. The van der Waals surface area contributed by atoms with E-state index in [1.54, 1.807) is 4.90 Å². The van der Waals surface area contributed by atoms with E-state index in [0.717, 1.165) is 22.0 Å². The van der Waals surface area contributed by atoms with Gasteiger partial charge in [-0.15, -0.1) is 0 Å². The van der Waals surface area contributed by atoms with E-state index in [9.17, 15) is 14.4 Å². The monoisotopic (exact) mass is 369 g/mol. The van der Waals surface area contributed by atoms with Crippen molar-refractivity contribution < 1.29 is 14.4 Å². The number of nitrogens with zero attached hydrogens (tertiary/aromatic N) is 5. The minimum Gasteiger partial charge on any atom is -0.331 e. The van der Waals surface area contributed by atoms with Crippen LogP contribution in [0.4, 0.5) is 0 Å². The number of imide groups is 1. The van der Waals surface area contributed by atoms with Crippen LogP contribution >= 0.6 is 0 Å². The summed E-state index contributed by atoms with van der Waals surface area (Å²) in [4.78, 5) is 39.0. The van der Waals surface area contributed by atoms with Crippen LogP contribution in [0.2, 0.25) is 0 Å². The van der Waals surface area contributed by atoms with Crippen molar-refractivity contribution in [1.29, 1.82) is 0 Å². The molecule has 2 aromatic rings. The number of amides is 3. The molecule has 3 amide bonds. The molecule has 0 radical (unpaired) electrons. The van der Waals surface area contributed by atoms with E-state index >= 15 is 0 Å². The Morgan fingerprint density at radius 2 is 1.70 bits per heavy atom. The Hall–Kier alpha value is -2.90. The molecule has 8 heteroatoms. The highest BCUT2D eigenvalue weighted by Gasteiger charge is 2.36. The minimum absolute atomic E-state index is 0.180. The Balaban J connectivity index is 1.60. The van der Waals surface area contributed by atoms with Crippen LogP contribution in [0, 0.1) is 0 Å². The topological polar surface area (TPSA) is 80.4 Å². The maximum Gasteiger partial charge on any atom is 0.243 e. The van der Waals surface area contributed by atoms with Crippen molar-refractivity contribution in [2.24, 2.45) is 0 Å². The predicted molar refractivity (Wildman–Crippen MR) is 96.8 cm³/mol. The number of aromatic nitrogens is 3. The van der Waals surface area contributed by atoms with Crippen LogP contribution < -0.4 is 0 Å². The summed E-state index contributed by atoms with van der Waals surface area (Å²) in [5, 5.41) is 4.77. The van der Waals surface area contributed by atoms with Gasteiger partial charge >= 0.3 is 0 Å². The van der Waals surface area contributed by atoms with Crippen molar-refractivity contribution in [2.75, 3.05) is 6.54 Å². The molecular weight excluding hydrogens is 346 g/mol. The molecule has 0 N–H and O–H groups in total. The number of hydrogen-bond acceptors (Lipinski definition) is 4. The van der Waals surface area contributed by atoms with Gasteiger partial charge < -0.3 is 9.47 Å². The van der Waals surface area contributed by atoms with Crippen molar-refractivity contribution in [1.82, 2.24) is 24.1 Å². The number of carbonyl (C=O) groups excluding carboxylic acids is 3. The van der Waals surface area contributed by atoms with Crippen LogP contribution in [0.25, 0.3) is 5.82 Å². The van der Waals surface area contributed by atoms with Gasteiger partial charge in [0.05, 0.1) is 24.3 Å².